The van der Waals surface area contributed by atoms with Crippen LogP contribution in [0, 0.1) is 5.92 Å². The van der Waals surface area contributed by atoms with Gasteiger partial charge in [-0.2, -0.15) is 0 Å². The molecule has 0 aliphatic carbocycles. The summed E-state index contributed by atoms with van der Waals surface area (Å²) >= 11 is 0. The van der Waals surface area contributed by atoms with E-state index in [0.29, 0.717) is 6.61 Å². The van der Waals surface area contributed by atoms with Crippen molar-refractivity contribution in [3.63, 3.8) is 0 Å². The SMILES string of the molecule is CCCCCO[C@@H](C)C(OC(=O)[C@H](C)NC(=O)c1nccc(OC)c1OCOC(C)=O)C(C)C. The highest BCUT2D eigenvalue weighted by atomic mass is 16.7. The molecule has 1 aromatic rings. The third kappa shape index (κ3) is 9.54. The minimum Gasteiger partial charge on any atom is -0.493 e. The first-order valence-electron chi connectivity index (χ1n) is 11.5. The lowest BCUT2D eigenvalue weighted by Crippen LogP contribution is -2.44. The summed E-state index contributed by atoms with van der Waals surface area (Å²) in [5.41, 5.74) is -0.126. The molecule has 0 aliphatic rings. The van der Waals surface area contributed by atoms with E-state index in [-0.39, 0.29) is 29.2 Å². The second-order valence-corrected chi connectivity index (χ2v) is 8.21. The number of esters is 2. The molecule has 3 atom stereocenters. The van der Waals surface area contributed by atoms with Crippen LogP contribution >= 0.6 is 0 Å². The highest BCUT2D eigenvalue weighted by Gasteiger charge is 2.29. The molecular weight excluding hydrogens is 444 g/mol. The molecule has 10 nitrogen and oxygen atoms in total. The quantitative estimate of drug-likeness (QED) is 0.228. The molecule has 1 rings (SSSR count). The van der Waals surface area contributed by atoms with Crippen LogP contribution in [0.1, 0.15) is 71.3 Å². The lowest BCUT2D eigenvalue weighted by atomic mass is 10.0. The van der Waals surface area contributed by atoms with Crippen molar-refractivity contribution in [2.24, 2.45) is 5.92 Å². The molecule has 1 heterocycles. The molecule has 0 aromatic carbocycles. The highest BCUT2D eigenvalue weighted by Crippen LogP contribution is 2.29. The Morgan fingerprint density at radius 2 is 1.82 bits per heavy atom. The molecule has 0 spiro atoms. The first kappa shape index (κ1) is 29.2. The molecule has 1 N–H and O–H groups in total. The van der Waals surface area contributed by atoms with Gasteiger partial charge in [-0.1, -0.05) is 33.6 Å². The predicted molar refractivity (Wildman–Crippen MR) is 125 cm³/mol. The Kier molecular flexibility index (Phi) is 13.0. The number of aromatic nitrogens is 1. The van der Waals surface area contributed by atoms with E-state index < -0.39 is 36.8 Å². The zero-order valence-corrected chi connectivity index (χ0v) is 21.2. The summed E-state index contributed by atoms with van der Waals surface area (Å²) < 4.78 is 26.9. The number of rotatable bonds is 15. The second-order valence-electron chi connectivity index (χ2n) is 8.21. The van der Waals surface area contributed by atoms with E-state index in [9.17, 15) is 14.4 Å². The van der Waals surface area contributed by atoms with Crippen molar-refractivity contribution >= 4 is 17.8 Å². The van der Waals surface area contributed by atoms with Crippen LogP contribution in [0.5, 0.6) is 11.5 Å². The molecule has 1 amide bonds. The molecule has 0 fully saturated rings. The number of ether oxygens (including phenoxy) is 5. The molecule has 1 unspecified atom stereocenters. The molecule has 10 heteroatoms. The number of hydrogen-bond donors (Lipinski definition) is 1. The molecule has 1 aromatic heterocycles. The van der Waals surface area contributed by atoms with Gasteiger partial charge in [-0.15, -0.1) is 0 Å². The number of hydrogen-bond acceptors (Lipinski definition) is 9. The van der Waals surface area contributed by atoms with E-state index >= 15 is 0 Å². The summed E-state index contributed by atoms with van der Waals surface area (Å²) in [6, 6.07) is 0.530. The van der Waals surface area contributed by atoms with Gasteiger partial charge in [0.05, 0.1) is 13.2 Å². The third-order valence-electron chi connectivity index (χ3n) is 4.97. The number of carbonyl (C=O) groups is 3. The number of nitrogens with one attached hydrogen (secondary N) is 1. The first-order valence-corrected chi connectivity index (χ1v) is 11.5. The van der Waals surface area contributed by atoms with E-state index in [0.717, 1.165) is 19.3 Å². The van der Waals surface area contributed by atoms with Crippen molar-refractivity contribution in [2.75, 3.05) is 20.5 Å². The van der Waals surface area contributed by atoms with Gasteiger partial charge in [-0.25, -0.2) is 9.78 Å². The number of carbonyl (C=O) groups excluding carboxylic acids is 3. The number of nitrogens with zero attached hydrogens (tertiary/aromatic N) is 1. The van der Waals surface area contributed by atoms with Crippen LogP contribution in [0.3, 0.4) is 0 Å². The van der Waals surface area contributed by atoms with Crippen molar-refractivity contribution in [1.29, 1.82) is 0 Å². The Labute approximate surface area is 201 Å². The van der Waals surface area contributed by atoms with Crippen LogP contribution < -0.4 is 14.8 Å². The predicted octanol–water partition coefficient (Wildman–Crippen LogP) is 3.27. The molecule has 0 radical (unpaired) electrons. The average molecular weight is 483 g/mol. The van der Waals surface area contributed by atoms with Gasteiger partial charge in [-0.3, -0.25) is 9.59 Å². The minimum atomic E-state index is -0.963. The van der Waals surface area contributed by atoms with Crippen molar-refractivity contribution in [2.45, 2.75) is 79.1 Å². The van der Waals surface area contributed by atoms with Gasteiger partial charge in [0.25, 0.3) is 5.91 Å². The van der Waals surface area contributed by atoms with Gasteiger partial charge in [-0.05, 0) is 26.2 Å². The summed E-state index contributed by atoms with van der Waals surface area (Å²) in [4.78, 5) is 40.6. The fraction of sp³-hybridized carbons (Fsp3) is 0.667. The molecular formula is C24H38N2O8. The van der Waals surface area contributed by atoms with Crippen molar-refractivity contribution in [1.82, 2.24) is 10.3 Å². The number of amides is 1. The molecule has 0 aliphatic heterocycles. The zero-order valence-electron chi connectivity index (χ0n) is 21.2. The molecule has 0 saturated carbocycles. The van der Waals surface area contributed by atoms with Gasteiger partial charge in [0, 0.05) is 25.8 Å². The third-order valence-corrected chi connectivity index (χ3v) is 4.97. The van der Waals surface area contributed by atoms with Crippen LogP contribution in [0.2, 0.25) is 0 Å². The van der Waals surface area contributed by atoms with Crippen LogP contribution in [0.4, 0.5) is 0 Å². The van der Waals surface area contributed by atoms with E-state index in [1.165, 1.54) is 33.2 Å². The van der Waals surface area contributed by atoms with E-state index in [1.807, 2.05) is 20.8 Å². The molecule has 192 valence electrons. The van der Waals surface area contributed by atoms with Crippen molar-refractivity contribution in [3.05, 3.63) is 18.0 Å². The minimum absolute atomic E-state index is 0.0153. The number of methoxy groups -OCH3 is 1. The lowest BCUT2D eigenvalue weighted by Gasteiger charge is -2.28. The van der Waals surface area contributed by atoms with Gasteiger partial charge >= 0.3 is 11.9 Å². The molecule has 0 saturated heterocycles. The zero-order chi connectivity index (χ0) is 25.7. The summed E-state index contributed by atoms with van der Waals surface area (Å²) in [6.07, 6.45) is 3.72. The maximum atomic E-state index is 12.9. The summed E-state index contributed by atoms with van der Waals surface area (Å²) in [7, 11) is 1.40. The highest BCUT2D eigenvalue weighted by molar-refractivity contribution is 5.98. The second kappa shape index (κ2) is 15.1. The Balaban J connectivity index is 2.84. The fourth-order valence-electron chi connectivity index (χ4n) is 3.11. The Morgan fingerprint density at radius 3 is 2.41 bits per heavy atom. The maximum absolute atomic E-state index is 12.9. The van der Waals surface area contributed by atoms with Crippen molar-refractivity contribution < 1.29 is 38.1 Å². The summed E-state index contributed by atoms with van der Waals surface area (Å²) in [5, 5.41) is 2.57. The maximum Gasteiger partial charge on any atom is 0.328 e. The number of unbranched alkanes of at least 4 members (excludes halogenated alkanes) is 2. The van der Waals surface area contributed by atoms with Gasteiger partial charge in [0.1, 0.15) is 12.1 Å². The van der Waals surface area contributed by atoms with Gasteiger partial charge in [0.2, 0.25) is 6.79 Å². The largest absolute Gasteiger partial charge is 0.493 e. The fourth-order valence-corrected chi connectivity index (χ4v) is 3.11. The van der Waals surface area contributed by atoms with Crippen LogP contribution in [0.15, 0.2) is 12.3 Å². The standard InChI is InChI=1S/C24H38N2O8/c1-8-9-10-13-31-17(5)21(15(2)3)34-24(29)16(4)26-23(28)20-22(33-14-32-18(6)27)19(30-7)11-12-25-20/h11-12,15-17,21H,8-10,13-14H2,1-7H3,(H,26,28)/t16-,17-,21?/m0/s1. The Hall–Kier alpha value is -2.88. The smallest absolute Gasteiger partial charge is 0.328 e. The topological polar surface area (TPSA) is 122 Å². The normalized spacial score (nSPS) is 13.5. The van der Waals surface area contributed by atoms with E-state index in [2.05, 4.69) is 17.2 Å². The Morgan fingerprint density at radius 1 is 1.12 bits per heavy atom. The molecule has 0 bridgehead atoms. The van der Waals surface area contributed by atoms with Gasteiger partial charge in [0.15, 0.2) is 17.2 Å². The number of pyridine rings is 1. The Bertz CT molecular complexity index is 799. The van der Waals surface area contributed by atoms with Crippen molar-refractivity contribution in [3.8, 4) is 11.5 Å². The molecule has 34 heavy (non-hydrogen) atoms. The van der Waals surface area contributed by atoms with Crippen LogP contribution in [-0.4, -0.2) is 61.6 Å². The average Bonchev–Trinajstić information content (AvgIpc) is 2.79. The monoisotopic (exact) mass is 482 g/mol. The lowest BCUT2D eigenvalue weighted by molar-refractivity contribution is -0.162. The summed E-state index contributed by atoms with van der Waals surface area (Å²) in [6.45, 7) is 10.8. The first-order chi connectivity index (χ1) is 16.1. The summed E-state index contributed by atoms with van der Waals surface area (Å²) in [5.74, 6) is -1.59. The van der Waals surface area contributed by atoms with E-state index in [1.54, 1.807) is 0 Å². The van der Waals surface area contributed by atoms with E-state index in [4.69, 9.17) is 23.7 Å². The van der Waals surface area contributed by atoms with Crippen LogP contribution in [0.25, 0.3) is 0 Å². The van der Waals surface area contributed by atoms with Crippen LogP contribution in [-0.2, 0) is 23.8 Å². The van der Waals surface area contributed by atoms with Gasteiger partial charge < -0.3 is 29.0 Å².